The molecule has 0 saturated heterocycles. The van der Waals surface area contributed by atoms with Crippen LogP contribution >= 0.6 is 11.5 Å². The summed E-state index contributed by atoms with van der Waals surface area (Å²) in [6, 6.07) is 9.03. The number of aldehydes is 1. The number of nitrogens with zero attached hydrogens (tertiary/aromatic N) is 2. The topological polar surface area (TPSA) is 167 Å². The first-order chi connectivity index (χ1) is 18.1. The number of ketones is 1. The van der Waals surface area contributed by atoms with Crippen molar-refractivity contribution in [2.75, 3.05) is 7.05 Å². The Labute approximate surface area is 222 Å². The molecular formula is C26H28FN5O5S. The summed E-state index contributed by atoms with van der Waals surface area (Å²) in [5.41, 5.74) is 11.4. The molecule has 10 nitrogen and oxygen atoms in total. The lowest BCUT2D eigenvalue weighted by molar-refractivity contribution is -0.125. The van der Waals surface area contributed by atoms with Gasteiger partial charge in [0.25, 0.3) is 0 Å². The molecule has 1 aromatic carbocycles. The number of primary amides is 2. The summed E-state index contributed by atoms with van der Waals surface area (Å²) < 4.78 is 24.1. The van der Waals surface area contributed by atoms with E-state index in [1.54, 1.807) is 31.4 Å². The van der Waals surface area contributed by atoms with Crippen LogP contribution in [0.3, 0.4) is 0 Å². The van der Waals surface area contributed by atoms with Crippen molar-refractivity contribution in [3.63, 3.8) is 0 Å². The molecule has 1 aliphatic rings. The van der Waals surface area contributed by atoms with Crippen molar-refractivity contribution in [3.8, 4) is 17.0 Å². The summed E-state index contributed by atoms with van der Waals surface area (Å²) in [5, 5.41) is 2.56. The van der Waals surface area contributed by atoms with Gasteiger partial charge in [-0.25, -0.2) is 9.37 Å². The van der Waals surface area contributed by atoms with Crippen molar-refractivity contribution in [2.24, 2.45) is 17.4 Å². The highest BCUT2D eigenvalue weighted by Crippen LogP contribution is 2.33. The van der Waals surface area contributed by atoms with Crippen LogP contribution < -0.4 is 21.5 Å². The van der Waals surface area contributed by atoms with Crippen molar-refractivity contribution in [1.82, 2.24) is 14.7 Å². The Hall–Kier alpha value is -4.03. The molecule has 2 amide bonds. The summed E-state index contributed by atoms with van der Waals surface area (Å²) in [6.45, 7) is 1.89. The van der Waals surface area contributed by atoms with Crippen molar-refractivity contribution >= 4 is 35.4 Å². The lowest BCUT2D eigenvalue weighted by Gasteiger charge is -2.12. The summed E-state index contributed by atoms with van der Waals surface area (Å²) in [5.74, 6) is -0.882. The Balaban J connectivity index is 0.000000342. The molecule has 0 bridgehead atoms. The maximum atomic E-state index is 13.8. The van der Waals surface area contributed by atoms with Gasteiger partial charge in [0.1, 0.15) is 23.4 Å². The van der Waals surface area contributed by atoms with E-state index in [9.17, 15) is 23.6 Å². The zero-order valence-corrected chi connectivity index (χ0v) is 21.7. The highest BCUT2D eigenvalue weighted by atomic mass is 32.1. The number of amides is 2. The molecule has 38 heavy (non-hydrogen) atoms. The van der Waals surface area contributed by atoms with Gasteiger partial charge in [0.15, 0.2) is 12.1 Å². The Kier molecular flexibility index (Phi) is 9.74. The first kappa shape index (κ1) is 28.5. The van der Waals surface area contributed by atoms with Gasteiger partial charge in [0, 0.05) is 11.5 Å². The molecule has 5 N–H and O–H groups in total. The van der Waals surface area contributed by atoms with Gasteiger partial charge in [-0.1, -0.05) is 6.07 Å². The molecule has 2 unspecified atom stereocenters. The number of benzene rings is 1. The second-order valence-corrected chi connectivity index (χ2v) is 9.50. The minimum absolute atomic E-state index is 0.0204. The number of halogens is 1. The fourth-order valence-corrected chi connectivity index (χ4v) is 4.08. The molecule has 4 rings (SSSR count). The quantitative estimate of drug-likeness (QED) is 0.246. The average molecular weight is 542 g/mol. The predicted octanol–water partition coefficient (Wildman–Crippen LogP) is 2.82. The summed E-state index contributed by atoms with van der Waals surface area (Å²) in [4.78, 5) is 48.5. The van der Waals surface area contributed by atoms with Crippen LogP contribution in [0.1, 0.15) is 58.0 Å². The summed E-state index contributed by atoms with van der Waals surface area (Å²) in [6.07, 6.45) is 3.61. The largest absolute Gasteiger partial charge is 0.484 e. The maximum absolute atomic E-state index is 13.8. The standard InChI is InChI=1S/C21H17FN2O3S.C5H11N3O2/c1-12(27-16-6-7-18(23-10-16)21(26)13-2-3-13)20-9-19(24-28-20)14-4-5-15(11-25)17(22)8-14;1-8-3(5(7)10)2-4(6)9/h4-13H,2-3H2,1H3;3,8H,2H2,1H3,(H2,6,9)(H2,7,10). The second-order valence-electron chi connectivity index (χ2n) is 8.66. The normalized spacial score (nSPS) is 14.0. The number of nitrogens with one attached hydrogen (secondary N) is 1. The third kappa shape index (κ3) is 7.73. The molecule has 1 saturated carbocycles. The summed E-state index contributed by atoms with van der Waals surface area (Å²) in [7, 11) is 1.54. The molecular weight excluding hydrogens is 513 g/mol. The van der Waals surface area contributed by atoms with Gasteiger partial charge in [0.05, 0.1) is 34.8 Å². The van der Waals surface area contributed by atoms with Crippen LogP contribution in [-0.2, 0) is 9.59 Å². The Bertz CT molecular complexity index is 1310. The van der Waals surface area contributed by atoms with E-state index in [-0.39, 0.29) is 29.8 Å². The number of rotatable bonds is 11. The zero-order valence-electron chi connectivity index (χ0n) is 20.8. The number of nitrogens with two attached hydrogens (primary N) is 2. The van der Waals surface area contributed by atoms with Crippen LogP contribution in [0.5, 0.6) is 5.75 Å². The highest BCUT2D eigenvalue weighted by molar-refractivity contribution is 7.06. The van der Waals surface area contributed by atoms with Crippen molar-refractivity contribution in [1.29, 1.82) is 0 Å². The first-order valence-electron chi connectivity index (χ1n) is 11.8. The van der Waals surface area contributed by atoms with E-state index in [4.69, 9.17) is 16.2 Å². The fourth-order valence-electron chi connectivity index (χ4n) is 3.36. The molecule has 0 spiro atoms. The molecule has 200 valence electrons. The first-order valence-corrected chi connectivity index (χ1v) is 12.5. The van der Waals surface area contributed by atoms with Gasteiger partial charge in [-0.05, 0) is 68.7 Å². The number of Topliss-reactive ketones (excluding diaryl/α,β-unsaturated/α-hetero) is 1. The van der Waals surface area contributed by atoms with Crippen LogP contribution in [0.15, 0.2) is 42.6 Å². The van der Waals surface area contributed by atoms with E-state index in [2.05, 4.69) is 14.7 Å². The molecule has 2 heterocycles. The number of pyridine rings is 1. The Morgan fingerprint density at radius 2 is 1.95 bits per heavy atom. The molecule has 0 radical (unpaired) electrons. The third-order valence-electron chi connectivity index (χ3n) is 5.70. The molecule has 1 aliphatic carbocycles. The van der Waals surface area contributed by atoms with Gasteiger partial charge in [-0.15, -0.1) is 0 Å². The van der Waals surface area contributed by atoms with Crippen LogP contribution in [0.25, 0.3) is 11.3 Å². The van der Waals surface area contributed by atoms with E-state index >= 15 is 0 Å². The number of hydrogen-bond acceptors (Lipinski definition) is 9. The number of hydrogen-bond donors (Lipinski definition) is 3. The smallest absolute Gasteiger partial charge is 0.235 e. The Morgan fingerprint density at radius 3 is 2.45 bits per heavy atom. The number of aromatic nitrogens is 2. The molecule has 3 aromatic rings. The third-order valence-corrected chi connectivity index (χ3v) is 6.65. The van der Waals surface area contributed by atoms with Crippen molar-refractivity contribution in [3.05, 3.63) is 64.5 Å². The molecule has 12 heteroatoms. The average Bonchev–Trinajstić information content (AvgIpc) is 3.63. The second kappa shape index (κ2) is 13.0. The van der Waals surface area contributed by atoms with Crippen molar-refractivity contribution in [2.45, 2.75) is 38.3 Å². The maximum Gasteiger partial charge on any atom is 0.235 e. The molecule has 0 aliphatic heterocycles. The van der Waals surface area contributed by atoms with Gasteiger partial charge in [-0.2, -0.15) is 4.37 Å². The van der Waals surface area contributed by atoms with Crippen LogP contribution in [-0.4, -0.2) is 46.3 Å². The van der Waals surface area contributed by atoms with Gasteiger partial charge < -0.3 is 21.5 Å². The number of ether oxygens (including phenoxy) is 1. The van der Waals surface area contributed by atoms with Gasteiger partial charge >= 0.3 is 0 Å². The van der Waals surface area contributed by atoms with E-state index in [1.165, 1.54) is 23.7 Å². The predicted molar refractivity (Wildman–Crippen MR) is 139 cm³/mol. The van der Waals surface area contributed by atoms with Crippen LogP contribution in [0.4, 0.5) is 4.39 Å². The number of likely N-dealkylation sites (N-methyl/N-ethyl adjacent to an activating group) is 1. The van der Waals surface area contributed by atoms with E-state index in [0.29, 0.717) is 29.0 Å². The minimum atomic E-state index is -0.641. The number of carbonyl (C=O) groups excluding carboxylic acids is 4. The highest BCUT2D eigenvalue weighted by Gasteiger charge is 2.31. The zero-order chi connectivity index (χ0) is 27.8. The lowest BCUT2D eigenvalue weighted by Crippen LogP contribution is -2.41. The fraction of sp³-hybridized carbons (Fsp3) is 0.308. The monoisotopic (exact) mass is 541 g/mol. The van der Waals surface area contributed by atoms with Crippen LogP contribution in [0, 0.1) is 11.7 Å². The van der Waals surface area contributed by atoms with Gasteiger partial charge in [0.2, 0.25) is 11.8 Å². The van der Waals surface area contributed by atoms with Crippen molar-refractivity contribution < 1.29 is 28.3 Å². The molecule has 2 atom stereocenters. The van der Waals surface area contributed by atoms with Gasteiger partial charge in [-0.3, -0.25) is 19.2 Å². The van der Waals surface area contributed by atoms with E-state index in [0.717, 1.165) is 17.7 Å². The number of carbonyl (C=O) groups is 4. The lowest BCUT2D eigenvalue weighted by atomic mass is 10.1. The Morgan fingerprint density at radius 1 is 1.21 bits per heavy atom. The van der Waals surface area contributed by atoms with E-state index in [1.807, 2.05) is 13.0 Å². The van der Waals surface area contributed by atoms with Crippen LogP contribution in [0.2, 0.25) is 0 Å². The summed E-state index contributed by atoms with van der Waals surface area (Å²) >= 11 is 1.27. The minimum Gasteiger partial charge on any atom is -0.484 e. The van der Waals surface area contributed by atoms with E-state index < -0.39 is 23.7 Å². The molecule has 2 aromatic heterocycles. The molecule has 1 fully saturated rings. The SMILES string of the molecule is CC(Oc1ccc(C(=O)C2CC2)nc1)c1cc(-c2ccc(C=O)c(F)c2)ns1.CNC(CC(N)=O)C(N)=O.